The maximum absolute atomic E-state index is 6.66. The highest BCUT2D eigenvalue weighted by molar-refractivity contribution is 4.72. The number of hydrogen-bond donors (Lipinski definition) is 0. The Hall–Kier alpha value is -0.550. The molecule has 0 saturated carbocycles. The van der Waals surface area contributed by atoms with Gasteiger partial charge in [-0.3, -0.25) is 0 Å². The molecule has 52 valence electrons. The van der Waals surface area contributed by atoms with Gasteiger partial charge in [-0.1, -0.05) is 0 Å². The Labute approximate surface area is 57.3 Å². The molecule has 0 rings (SSSR count). The second-order valence-electron chi connectivity index (χ2n) is 2.57. The van der Waals surface area contributed by atoms with E-state index < -0.39 is 0 Å². The predicted molar refractivity (Wildman–Crippen MR) is 39.2 cm³/mol. The molecule has 1 atom stereocenters. The van der Waals surface area contributed by atoms with Gasteiger partial charge in [0, 0.05) is 19.9 Å². The van der Waals surface area contributed by atoms with Crippen LogP contribution in [0, 0.1) is 6.57 Å². The maximum atomic E-state index is 6.66. The van der Waals surface area contributed by atoms with E-state index >= 15 is 0 Å². The Kier molecular flexibility index (Phi) is 4.08. The van der Waals surface area contributed by atoms with E-state index in [0.717, 1.165) is 13.0 Å². The fourth-order valence-corrected chi connectivity index (χ4v) is 0.510. The van der Waals surface area contributed by atoms with E-state index in [0.29, 0.717) is 0 Å². The SMILES string of the molecule is [C-]#[N+]C(C)CCN(C)C. The molecule has 0 spiro atoms. The lowest BCUT2D eigenvalue weighted by atomic mass is 10.2. The molecule has 0 aliphatic heterocycles. The molecular formula is C7H14N2. The molecule has 0 bridgehead atoms. The Morgan fingerprint density at radius 1 is 1.56 bits per heavy atom. The molecule has 0 heterocycles. The van der Waals surface area contributed by atoms with Crippen LogP contribution in [0.1, 0.15) is 13.3 Å². The van der Waals surface area contributed by atoms with Crippen LogP contribution in [0.15, 0.2) is 0 Å². The quantitative estimate of drug-likeness (QED) is 0.516. The predicted octanol–water partition coefficient (Wildman–Crippen LogP) is 1.25. The molecule has 0 amide bonds. The van der Waals surface area contributed by atoms with Crippen LogP contribution in [0.5, 0.6) is 0 Å². The van der Waals surface area contributed by atoms with Gasteiger partial charge in [-0.2, -0.15) is 0 Å². The fraction of sp³-hybridized carbons (Fsp3) is 0.857. The van der Waals surface area contributed by atoms with Crippen molar-refractivity contribution in [3.05, 3.63) is 11.4 Å². The molecule has 0 saturated heterocycles. The van der Waals surface area contributed by atoms with E-state index in [2.05, 4.69) is 9.74 Å². The molecule has 2 nitrogen and oxygen atoms in total. The molecule has 0 radical (unpaired) electrons. The zero-order valence-corrected chi connectivity index (χ0v) is 6.39. The molecule has 0 aromatic carbocycles. The molecule has 2 heteroatoms. The first-order chi connectivity index (χ1) is 4.16. The standard InChI is InChI=1S/C7H14N2/c1-7(8-2)5-6-9(3)4/h7H,5-6H2,1,3-4H3. The maximum Gasteiger partial charge on any atom is 0.222 e. The molecule has 0 aromatic heterocycles. The van der Waals surface area contributed by atoms with Crippen molar-refractivity contribution in [2.45, 2.75) is 19.4 Å². The Bertz CT molecular complexity index is 102. The third-order valence-corrected chi connectivity index (χ3v) is 1.21. The second-order valence-corrected chi connectivity index (χ2v) is 2.57. The van der Waals surface area contributed by atoms with Crippen LogP contribution in [0.2, 0.25) is 0 Å². The molecule has 0 aliphatic carbocycles. The van der Waals surface area contributed by atoms with Crippen LogP contribution in [0.3, 0.4) is 0 Å². The third-order valence-electron chi connectivity index (χ3n) is 1.21. The Morgan fingerprint density at radius 3 is 2.44 bits per heavy atom. The van der Waals surface area contributed by atoms with E-state index in [1.807, 2.05) is 21.0 Å². The van der Waals surface area contributed by atoms with E-state index in [1.54, 1.807) is 0 Å². The molecule has 0 aliphatic rings. The zero-order valence-electron chi connectivity index (χ0n) is 6.39. The van der Waals surface area contributed by atoms with Crippen LogP contribution >= 0.6 is 0 Å². The average Bonchev–Trinajstić information content (AvgIpc) is 1.83. The van der Waals surface area contributed by atoms with E-state index in [-0.39, 0.29) is 6.04 Å². The van der Waals surface area contributed by atoms with Gasteiger partial charge in [-0.15, -0.1) is 0 Å². The van der Waals surface area contributed by atoms with Crippen molar-refractivity contribution in [2.75, 3.05) is 20.6 Å². The van der Waals surface area contributed by atoms with Crippen LogP contribution in [0.4, 0.5) is 0 Å². The minimum atomic E-state index is 0.187. The molecule has 0 fully saturated rings. The third kappa shape index (κ3) is 5.32. The van der Waals surface area contributed by atoms with Crippen molar-refractivity contribution in [3.8, 4) is 0 Å². The van der Waals surface area contributed by atoms with Gasteiger partial charge in [0.2, 0.25) is 6.04 Å². The summed E-state index contributed by atoms with van der Waals surface area (Å²) in [7, 11) is 4.05. The topological polar surface area (TPSA) is 7.60 Å². The van der Waals surface area contributed by atoms with Gasteiger partial charge in [0.15, 0.2) is 0 Å². The van der Waals surface area contributed by atoms with Crippen molar-refractivity contribution in [1.29, 1.82) is 0 Å². The minimum absolute atomic E-state index is 0.187. The molecule has 0 N–H and O–H groups in total. The van der Waals surface area contributed by atoms with Crippen molar-refractivity contribution in [3.63, 3.8) is 0 Å². The van der Waals surface area contributed by atoms with E-state index in [1.165, 1.54) is 0 Å². The normalized spacial score (nSPS) is 13.2. The van der Waals surface area contributed by atoms with Gasteiger partial charge in [0.25, 0.3) is 0 Å². The summed E-state index contributed by atoms with van der Waals surface area (Å²) in [4.78, 5) is 5.48. The van der Waals surface area contributed by atoms with Crippen molar-refractivity contribution < 1.29 is 0 Å². The van der Waals surface area contributed by atoms with Gasteiger partial charge < -0.3 is 9.74 Å². The summed E-state index contributed by atoms with van der Waals surface area (Å²) in [6.07, 6.45) is 0.983. The van der Waals surface area contributed by atoms with Crippen molar-refractivity contribution >= 4 is 0 Å². The lowest BCUT2D eigenvalue weighted by molar-refractivity contribution is 0.394. The van der Waals surface area contributed by atoms with Crippen LogP contribution < -0.4 is 0 Å². The monoisotopic (exact) mass is 126 g/mol. The van der Waals surface area contributed by atoms with Gasteiger partial charge >= 0.3 is 0 Å². The lowest BCUT2D eigenvalue weighted by Gasteiger charge is -2.07. The first-order valence-electron chi connectivity index (χ1n) is 3.18. The summed E-state index contributed by atoms with van der Waals surface area (Å²) in [6, 6.07) is 0.187. The van der Waals surface area contributed by atoms with E-state index in [4.69, 9.17) is 6.57 Å². The number of rotatable bonds is 3. The van der Waals surface area contributed by atoms with Crippen LogP contribution in [-0.4, -0.2) is 31.6 Å². The largest absolute Gasteiger partial charge is 0.314 e. The van der Waals surface area contributed by atoms with E-state index in [9.17, 15) is 0 Å². The summed E-state index contributed by atoms with van der Waals surface area (Å²) < 4.78 is 0. The highest BCUT2D eigenvalue weighted by atomic mass is 15.0. The average molecular weight is 126 g/mol. The molecule has 1 unspecified atom stereocenters. The van der Waals surface area contributed by atoms with Gasteiger partial charge in [-0.25, -0.2) is 6.57 Å². The van der Waals surface area contributed by atoms with Crippen molar-refractivity contribution in [2.24, 2.45) is 0 Å². The van der Waals surface area contributed by atoms with Crippen LogP contribution in [0.25, 0.3) is 4.85 Å². The minimum Gasteiger partial charge on any atom is -0.314 e. The Morgan fingerprint density at radius 2 is 2.11 bits per heavy atom. The molecule has 9 heavy (non-hydrogen) atoms. The summed E-state index contributed by atoms with van der Waals surface area (Å²) in [5.41, 5.74) is 0. The first-order valence-corrected chi connectivity index (χ1v) is 3.18. The smallest absolute Gasteiger partial charge is 0.222 e. The van der Waals surface area contributed by atoms with Gasteiger partial charge in [0.1, 0.15) is 0 Å². The summed E-state index contributed by atoms with van der Waals surface area (Å²) in [5.74, 6) is 0. The summed E-state index contributed by atoms with van der Waals surface area (Å²) in [5, 5.41) is 0. The Balaban J connectivity index is 3.19. The summed E-state index contributed by atoms with van der Waals surface area (Å²) in [6.45, 7) is 9.63. The first kappa shape index (κ1) is 8.45. The van der Waals surface area contributed by atoms with Crippen molar-refractivity contribution in [1.82, 2.24) is 4.90 Å². The highest BCUT2D eigenvalue weighted by Crippen LogP contribution is 1.95. The van der Waals surface area contributed by atoms with Crippen LogP contribution in [-0.2, 0) is 0 Å². The number of nitrogens with zero attached hydrogens (tertiary/aromatic N) is 2. The zero-order chi connectivity index (χ0) is 7.28. The molecular weight excluding hydrogens is 112 g/mol. The summed E-state index contributed by atoms with van der Waals surface area (Å²) >= 11 is 0. The lowest BCUT2D eigenvalue weighted by Crippen LogP contribution is -2.16. The second kappa shape index (κ2) is 4.34. The fourth-order valence-electron chi connectivity index (χ4n) is 0.510. The highest BCUT2D eigenvalue weighted by Gasteiger charge is 2.02. The number of hydrogen-bond acceptors (Lipinski definition) is 1. The molecule has 0 aromatic rings. The van der Waals surface area contributed by atoms with Gasteiger partial charge in [-0.05, 0) is 14.1 Å². The van der Waals surface area contributed by atoms with Gasteiger partial charge in [0.05, 0.1) is 0 Å².